The molecular weight excluding hydrogens is 376 g/mol. The Morgan fingerprint density at radius 2 is 1.96 bits per heavy atom. The SMILES string of the molecule is CC(C)(C)OC(=O)NC(CC1CC(S(=O)(=O)c2ccccc2)=NO1)C(=O)O. The van der Waals surface area contributed by atoms with Crippen LogP contribution in [0.3, 0.4) is 0 Å². The first-order valence-electron chi connectivity index (χ1n) is 8.24. The summed E-state index contributed by atoms with van der Waals surface area (Å²) in [5, 5.41) is 15.0. The van der Waals surface area contributed by atoms with E-state index in [1.165, 1.54) is 12.1 Å². The predicted molar refractivity (Wildman–Crippen MR) is 96.0 cm³/mol. The van der Waals surface area contributed by atoms with Crippen molar-refractivity contribution >= 4 is 26.9 Å². The average Bonchev–Trinajstić information content (AvgIpc) is 3.02. The van der Waals surface area contributed by atoms with Crippen LogP contribution in [0.1, 0.15) is 33.6 Å². The van der Waals surface area contributed by atoms with E-state index in [9.17, 15) is 23.1 Å². The molecule has 1 heterocycles. The molecule has 0 saturated heterocycles. The Bertz CT molecular complexity index is 829. The van der Waals surface area contributed by atoms with E-state index in [2.05, 4.69) is 10.5 Å². The van der Waals surface area contributed by atoms with E-state index < -0.39 is 39.6 Å². The van der Waals surface area contributed by atoms with Gasteiger partial charge in [-0.05, 0) is 32.9 Å². The maximum absolute atomic E-state index is 12.5. The third-order valence-corrected chi connectivity index (χ3v) is 5.31. The van der Waals surface area contributed by atoms with Gasteiger partial charge in [0.1, 0.15) is 17.7 Å². The number of rotatable bonds is 5. The summed E-state index contributed by atoms with van der Waals surface area (Å²) in [6.45, 7) is 4.95. The highest BCUT2D eigenvalue weighted by atomic mass is 32.2. The number of nitrogens with one attached hydrogen (secondary N) is 1. The monoisotopic (exact) mass is 398 g/mol. The number of ether oxygens (including phenoxy) is 1. The molecule has 27 heavy (non-hydrogen) atoms. The van der Waals surface area contributed by atoms with Gasteiger partial charge >= 0.3 is 12.1 Å². The van der Waals surface area contributed by atoms with Gasteiger partial charge in [0.05, 0.1) is 4.90 Å². The van der Waals surface area contributed by atoms with E-state index in [4.69, 9.17) is 9.57 Å². The van der Waals surface area contributed by atoms with Crippen LogP contribution in [0.25, 0.3) is 0 Å². The summed E-state index contributed by atoms with van der Waals surface area (Å²) in [5.74, 6) is -1.29. The molecule has 0 aliphatic carbocycles. The van der Waals surface area contributed by atoms with Gasteiger partial charge in [-0.2, -0.15) is 0 Å². The summed E-state index contributed by atoms with van der Waals surface area (Å²) < 4.78 is 30.1. The Labute approximate surface area is 157 Å². The Morgan fingerprint density at radius 3 is 2.52 bits per heavy atom. The first-order chi connectivity index (χ1) is 12.5. The number of carboxylic acid groups (broad SMARTS) is 1. The lowest BCUT2D eigenvalue weighted by Gasteiger charge is -2.22. The van der Waals surface area contributed by atoms with Crippen molar-refractivity contribution in [2.75, 3.05) is 0 Å². The van der Waals surface area contributed by atoms with Crippen LogP contribution in [-0.2, 0) is 24.2 Å². The van der Waals surface area contributed by atoms with Crippen molar-refractivity contribution in [2.45, 2.75) is 56.3 Å². The third-order valence-electron chi connectivity index (χ3n) is 3.56. The van der Waals surface area contributed by atoms with E-state index in [-0.39, 0.29) is 22.8 Å². The topological polar surface area (TPSA) is 131 Å². The molecule has 0 aromatic heterocycles. The van der Waals surface area contributed by atoms with E-state index in [0.717, 1.165) is 0 Å². The van der Waals surface area contributed by atoms with Crippen LogP contribution in [0.5, 0.6) is 0 Å². The first-order valence-corrected chi connectivity index (χ1v) is 9.72. The Balaban J connectivity index is 2.00. The van der Waals surface area contributed by atoms with E-state index in [0.29, 0.717) is 0 Å². The number of sulfone groups is 1. The highest BCUT2D eigenvalue weighted by Crippen LogP contribution is 2.23. The van der Waals surface area contributed by atoms with Gasteiger partial charge in [0.15, 0.2) is 5.04 Å². The molecule has 2 N–H and O–H groups in total. The Hall–Kier alpha value is -2.62. The lowest BCUT2D eigenvalue weighted by atomic mass is 10.1. The minimum Gasteiger partial charge on any atom is -0.480 e. The molecule has 0 radical (unpaired) electrons. The number of nitrogens with zero attached hydrogens (tertiary/aromatic N) is 1. The van der Waals surface area contributed by atoms with Crippen molar-refractivity contribution < 1.29 is 32.7 Å². The minimum absolute atomic E-state index is 0.0784. The molecule has 10 heteroatoms. The molecule has 1 amide bonds. The van der Waals surface area contributed by atoms with Crippen molar-refractivity contribution in [2.24, 2.45) is 5.16 Å². The summed E-state index contributed by atoms with van der Waals surface area (Å²) in [6, 6.07) is 6.44. The molecule has 2 atom stereocenters. The summed E-state index contributed by atoms with van der Waals surface area (Å²) in [5.41, 5.74) is -0.781. The number of carboxylic acids is 1. The number of aliphatic carboxylic acids is 1. The van der Waals surface area contributed by atoms with Gasteiger partial charge in [0.2, 0.25) is 9.84 Å². The predicted octanol–water partition coefficient (Wildman–Crippen LogP) is 1.93. The average molecular weight is 398 g/mol. The second-order valence-electron chi connectivity index (χ2n) is 7.01. The second-order valence-corrected chi connectivity index (χ2v) is 8.96. The van der Waals surface area contributed by atoms with Crippen LogP contribution < -0.4 is 5.32 Å². The summed E-state index contributed by atoms with van der Waals surface area (Å²) in [7, 11) is -3.81. The van der Waals surface area contributed by atoms with Gasteiger partial charge in [-0.15, -0.1) is 0 Å². The molecule has 1 aliphatic rings. The zero-order valence-corrected chi connectivity index (χ0v) is 16.0. The molecule has 0 fully saturated rings. The fourth-order valence-corrected chi connectivity index (χ4v) is 3.69. The van der Waals surface area contributed by atoms with Gasteiger partial charge in [-0.3, -0.25) is 0 Å². The van der Waals surface area contributed by atoms with Crippen LogP contribution >= 0.6 is 0 Å². The summed E-state index contributed by atoms with van der Waals surface area (Å²) >= 11 is 0. The summed E-state index contributed by atoms with van der Waals surface area (Å²) in [4.78, 5) is 28.4. The zero-order chi connectivity index (χ0) is 20.2. The van der Waals surface area contributed by atoms with Crippen LogP contribution in [0.15, 0.2) is 40.4 Å². The smallest absolute Gasteiger partial charge is 0.408 e. The molecule has 0 saturated carbocycles. The number of hydrogen-bond acceptors (Lipinski definition) is 7. The lowest BCUT2D eigenvalue weighted by molar-refractivity contribution is -0.140. The minimum atomic E-state index is -3.81. The van der Waals surface area contributed by atoms with E-state index in [1.54, 1.807) is 39.0 Å². The zero-order valence-electron chi connectivity index (χ0n) is 15.2. The Kier molecular flexibility index (Phi) is 6.09. The fourth-order valence-electron chi connectivity index (χ4n) is 2.36. The van der Waals surface area contributed by atoms with Crippen LogP contribution in [-0.4, -0.2) is 48.4 Å². The van der Waals surface area contributed by atoms with Crippen molar-refractivity contribution in [1.82, 2.24) is 5.32 Å². The van der Waals surface area contributed by atoms with Crippen LogP contribution in [0.2, 0.25) is 0 Å². The normalized spacial score (nSPS) is 18.2. The third kappa shape index (κ3) is 5.68. The van der Waals surface area contributed by atoms with E-state index in [1.807, 2.05) is 0 Å². The maximum atomic E-state index is 12.5. The first kappa shape index (κ1) is 20.7. The molecule has 1 aliphatic heterocycles. The molecule has 0 spiro atoms. The van der Waals surface area contributed by atoms with Crippen molar-refractivity contribution in [3.05, 3.63) is 30.3 Å². The number of amides is 1. The largest absolute Gasteiger partial charge is 0.480 e. The van der Waals surface area contributed by atoms with Gasteiger partial charge in [-0.1, -0.05) is 23.4 Å². The molecule has 148 valence electrons. The molecule has 1 aromatic carbocycles. The number of benzene rings is 1. The lowest BCUT2D eigenvalue weighted by Crippen LogP contribution is -2.45. The van der Waals surface area contributed by atoms with Crippen LogP contribution in [0, 0.1) is 0 Å². The number of carbonyl (C=O) groups is 2. The highest BCUT2D eigenvalue weighted by Gasteiger charge is 2.35. The van der Waals surface area contributed by atoms with Crippen molar-refractivity contribution in [3.63, 3.8) is 0 Å². The molecule has 0 bridgehead atoms. The molecule has 1 aromatic rings. The molecular formula is C17H22N2O7S. The van der Waals surface area contributed by atoms with Gasteiger partial charge in [-0.25, -0.2) is 18.0 Å². The van der Waals surface area contributed by atoms with Crippen LogP contribution in [0.4, 0.5) is 4.79 Å². The second kappa shape index (κ2) is 7.95. The summed E-state index contributed by atoms with van der Waals surface area (Å²) in [6.07, 6.45) is -1.93. The quantitative estimate of drug-likeness (QED) is 0.774. The van der Waals surface area contributed by atoms with Gasteiger partial charge in [0.25, 0.3) is 0 Å². The molecule has 2 rings (SSSR count). The Morgan fingerprint density at radius 1 is 1.33 bits per heavy atom. The number of oxime groups is 1. The maximum Gasteiger partial charge on any atom is 0.408 e. The van der Waals surface area contributed by atoms with E-state index >= 15 is 0 Å². The van der Waals surface area contributed by atoms with Gasteiger partial charge < -0.3 is 20.0 Å². The standard InChI is InChI=1S/C17H22N2O7S/c1-17(2,3)25-16(22)18-13(15(20)21)9-11-10-14(19-26-11)27(23,24)12-7-5-4-6-8-12/h4-8,11,13H,9-10H2,1-3H3,(H,18,22)(H,20,21). The van der Waals surface area contributed by atoms with Crippen molar-refractivity contribution in [1.29, 1.82) is 0 Å². The number of carbonyl (C=O) groups excluding carboxylic acids is 1. The molecule has 2 unspecified atom stereocenters. The number of hydrogen-bond donors (Lipinski definition) is 2. The van der Waals surface area contributed by atoms with Crippen molar-refractivity contribution in [3.8, 4) is 0 Å². The number of alkyl carbamates (subject to hydrolysis) is 1. The highest BCUT2D eigenvalue weighted by molar-refractivity contribution is 8.06. The van der Waals surface area contributed by atoms with Gasteiger partial charge in [0, 0.05) is 12.8 Å². The molecule has 9 nitrogen and oxygen atoms in total. The fraction of sp³-hybridized carbons (Fsp3) is 0.471.